The molecule has 198 valence electrons. The van der Waals surface area contributed by atoms with E-state index in [-0.39, 0.29) is 46.2 Å². The third-order valence-electron chi connectivity index (χ3n) is 5.83. The van der Waals surface area contributed by atoms with Gasteiger partial charge in [-0.25, -0.2) is 17.6 Å². The van der Waals surface area contributed by atoms with Crippen molar-refractivity contribution in [2.75, 3.05) is 5.32 Å². The summed E-state index contributed by atoms with van der Waals surface area (Å²) in [7, 11) is 0. The van der Waals surface area contributed by atoms with Gasteiger partial charge in [0.25, 0.3) is 18.2 Å². The van der Waals surface area contributed by atoms with Gasteiger partial charge in [0.05, 0.1) is 11.6 Å². The maximum absolute atomic E-state index is 14.1. The first-order chi connectivity index (χ1) is 17.7. The van der Waals surface area contributed by atoms with Crippen LogP contribution in [0.4, 0.5) is 36.4 Å². The Labute approximate surface area is 210 Å². The van der Waals surface area contributed by atoms with Gasteiger partial charge in [-0.15, -0.1) is 0 Å². The summed E-state index contributed by atoms with van der Waals surface area (Å²) in [4.78, 5) is 37.4. The molecule has 0 aliphatic carbocycles. The summed E-state index contributed by atoms with van der Waals surface area (Å²) >= 11 is 0. The molecule has 0 spiro atoms. The molecular weight excluding hydrogens is 521 g/mol. The summed E-state index contributed by atoms with van der Waals surface area (Å²) in [5.74, 6) is -4.53. The van der Waals surface area contributed by atoms with E-state index >= 15 is 0 Å². The molecule has 1 atom stereocenters. The fourth-order valence-electron chi connectivity index (χ4n) is 4.29. The number of carbonyl (C=O) groups is 3. The van der Waals surface area contributed by atoms with Gasteiger partial charge < -0.3 is 10.6 Å². The second-order valence-corrected chi connectivity index (χ2v) is 8.64. The number of hydrogen-bond donors (Lipinski definition) is 2. The van der Waals surface area contributed by atoms with Crippen molar-refractivity contribution in [3.63, 3.8) is 0 Å². The highest BCUT2D eigenvalue weighted by atomic mass is 19.4. The summed E-state index contributed by atoms with van der Waals surface area (Å²) in [6.07, 6.45) is -8.21. The normalized spacial score (nSPS) is 14.9. The molecule has 0 aromatic heterocycles. The van der Waals surface area contributed by atoms with Crippen molar-refractivity contribution in [3.05, 3.63) is 99.1 Å². The molecule has 2 N–H and O–H groups in total. The fourth-order valence-corrected chi connectivity index (χ4v) is 4.29. The summed E-state index contributed by atoms with van der Waals surface area (Å²) in [5.41, 5.74) is -3.23. The van der Waals surface area contributed by atoms with Crippen molar-refractivity contribution in [3.8, 4) is 0 Å². The minimum atomic E-state index is -4.95. The van der Waals surface area contributed by atoms with Crippen molar-refractivity contribution in [2.45, 2.75) is 32.0 Å². The van der Waals surface area contributed by atoms with E-state index in [1.54, 1.807) is 0 Å². The van der Waals surface area contributed by atoms with Gasteiger partial charge >= 0.3 is 6.18 Å². The number of alkyl halides is 5. The molecule has 3 aromatic carbocycles. The van der Waals surface area contributed by atoms with Crippen LogP contribution in [-0.4, -0.2) is 17.6 Å². The highest BCUT2D eigenvalue weighted by Crippen LogP contribution is 2.41. The minimum Gasteiger partial charge on any atom is -0.341 e. The van der Waals surface area contributed by atoms with Crippen molar-refractivity contribution in [2.24, 2.45) is 0 Å². The maximum Gasteiger partial charge on any atom is 0.416 e. The van der Waals surface area contributed by atoms with Crippen LogP contribution in [-0.2, 0) is 17.4 Å². The van der Waals surface area contributed by atoms with Gasteiger partial charge in [-0.2, -0.15) is 13.2 Å². The molecule has 38 heavy (non-hydrogen) atoms. The number of hydrogen-bond acceptors (Lipinski definition) is 3. The molecule has 0 saturated heterocycles. The zero-order chi connectivity index (χ0) is 27.9. The number of amides is 2. The number of fused-ring (bicyclic) bond motifs is 1. The van der Waals surface area contributed by atoms with E-state index in [4.69, 9.17) is 0 Å². The number of benzene rings is 3. The Bertz CT molecular complexity index is 1470. The average molecular weight is 538 g/mol. The molecule has 1 heterocycles. The standard InChI is InChI=1S/C26H17F7N2O3/c1-11(36)4-12-5-19-21(22(35-25(19)38)18-10-15(27)2-3-17(18)23(29)30)20(6-12)34-24(37)13-7-14(26(31,32)33)9-16(28)8-13/h2-3,5-10,22-23H,4H2,1H3,(H,34,37)(H,35,38). The molecule has 1 unspecified atom stereocenters. The van der Waals surface area contributed by atoms with E-state index < -0.39 is 58.8 Å². The molecule has 1 aliphatic heterocycles. The molecule has 12 heteroatoms. The molecule has 3 aromatic rings. The van der Waals surface area contributed by atoms with Crippen LogP contribution in [0, 0.1) is 11.6 Å². The molecule has 1 aliphatic rings. The molecule has 4 rings (SSSR count). The Balaban J connectivity index is 1.86. The molecule has 5 nitrogen and oxygen atoms in total. The highest BCUT2D eigenvalue weighted by molar-refractivity contribution is 6.08. The number of ketones is 1. The molecule has 0 bridgehead atoms. The van der Waals surface area contributed by atoms with Crippen molar-refractivity contribution in [1.82, 2.24) is 5.32 Å². The van der Waals surface area contributed by atoms with Gasteiger partial charge in [-0.05, 0) is 60.5 Å². The van der Waals surface area contributed by atoms with Crippen molar-refractivity contribution >= 4 is 23.3 Å². The number of halogens is 7. The van der Waals surface area contributed by atoms with E-state index in [1.165, 1.54) is 19.1 Å². The topological polar surface area (TPSA) is 75.3 Å². The van der Waals surface area contributed by atoms with Crippen LogP contribution in [0.1, 0.15) is 67.9 Å². The second-order valence-electron chi connectivity index (χ2n) is 8.64. The van der Waals surface area contributed by atoms with Gasteiger partial charge in [0.2, 0.25) is 0 Å². The fraction of sp³-hybridized carbons (Fsp3) is 0.192. The lowest BCUT2D eigenvalue weighted by atomic mass is 9.91. The molecule has 0 fully saturated rings. The molecule has 0 saturated carbocycles. The van der Waals surface area contributed by atoms with Crippen LogP contribution in [0.3, 0.4) is 0 Å². The van der Waals surface area contributed by atoms with E-state index in [2.05, 4.69) is 10.6 Å². The Hall–Kier alpha value is -4.22. The summed E-state index contributed by atoms with van der Waals surface area (Å²) in [5, 5.41) is 4.75. The highest BCUT2D eigenvalue weighted by Gasteiger charge is 2.36. The lowest BCUT2D eigenvalue weighted by molar-refractivity contribution is -0.137. The second kappa shape index (κ2) is 9.92. The number of Topliss-reactive ketones (excluding diaryl/α,β-unsaturated/α-hetero) is 1. The predicted molar refractivity (Wildman–Crippen MR) is 121 cm³/mol. The zero-order valence-electron chi connectivity index (χ0n) is 19.4. The van der Waals surface area contributed by atoms with Gasteiger partial charge in [-0.1, -0.05) is 6.07 Å². The summed E-state index contributed by atoms with van der Waals surface area (Å²) in [6.45, 7) is 1.25. The minimum absolute atomic E-state index is 0.0735. The van der Waals surface area contributed by atoms with Crippen LogP contribution >= 0.6 is 0 Å². The average Bonchev–Trinajstić information content (AvgIpc) is 3.14. The number of nitrogens with one attached hydrogen (secondary N) is 2. The molecule has 2 amide bonds. The maximum atomic E-state index is 14.1. The first kappa shape index (κ1) is 26.8. The first-order valence-electron chi connectivity index (χ1n) is 11.0. The Morgan fingerprint density at radius 1 is 1.00 bits per heavy atom. The number of rotatable bonds is 6. The largest absolute Gasteiger partial charge is 0.416 e. The van der Waals surface area contributed by atoms with Crippen LogP contribution in [0.2, 0.25) is 0 Å². The third kappa shape index (κ3) is 5.38. The predicted octanol–water partition coefficient (Wildman–Crippen LogP) is 6.14. The van der Waals surface area contributed by atoms with E-state index in [0.717, 1.165) is 18.2 Å². The Kier molecular flexibility index (Phi) is 7.00. The van der Waals surface area contributed by atoms with Crippen molar-refractivity contribution in [1.29, 1.82) is 0 Å². The van der Waals surface area contributed by atoms with Crippen molar-refractivity contribution < 1.29 is 45.1 Å². The monoisotopic (exact) mass is 538 g/mol. The van der Waals surface area contributed by atoms with E-state index in [1.807, 2.05) is 0 Å². The van der Waals surface area contributed by atoms with E-state index in [9.17, 15) is 45.1 Å². The molecule has 0 radical (unpaired) electrons. The smallest absolute Gasteiger partial charge is 0.341 e. The van der Waals surface area contributed by atoms with Crippen LogP contribution in [0.5, 0.6) is 0 Å². The van der Waals surface area contributed by atoms with Gasteiger partial charge in [0, 0.05) is 34.4 Å². The zero-order valence-corrected chi connectivity index (χ0v) is 19.4. The lowest BCUT2D eigenvalue weighted by Gasteiger charge is -2.20. The third-order valence-corrected chi connectivity index (χ3v) is 5.83. The lowest BCUT2D eigenvalue weighted by Crippen LogP contribution is -2.22. The van der Waals surface area contributed by atoms with Gasteiger partial charge in [0.1, 0.15) is 17.4 Å². The van der Waals surface area contributed by atoms with Gasteiger partial charge in [-0.3, -0.25) is 14.4 Å². The first-order valence-corrected chi connectivity index (χ1v) is 11.0. The Morgan fingerprint density at radius 2 is 1.71 bits per heavy atom. The van der Waals surface area contributed by atoms with Crippen LogP contribution in [0.15, 0.2) is 48.5 Å². The summed E-state index contributed by atoms with van der Waals surface area (Å²) < 4.78 is 94.8. The Morgan fingerprint density at radius 3 is 2.34 bits per heavy atom. The number of carbonyl (C=O) groups excluding carboxylic acids is 3. The van der Waals surface area contributed by atoms with Gasteiger partial charge in [0.15, 0.2) is 0 Å². The summed E-state index contributed by atoms with van der Waals surface area (Å²) in [6, 6.07) is 4.79. The van der Waals surface area contributed by atoms with Crippen LogP contribution in [0.25, 0.3) is 0 Å². The van der Waals surface area contributed by atoms with E-state index in [0.29, 0.717) is 12.1 Å². The van der Waals surface area contributed by atoms with Crippen LogP contribution < -0.4 is 10.6 Å². The number of anilines is 1. The SMILES string of the molecule is CC(=O)Cc1cc(NC(=O)c2cc(F)cc(C(F)(F)F)c2)c2c(c1)C(=O)NC2c1cc(F)ccc1C(F)F. The molecular formula is C26H17F7N2O3. The quantitative estimate of drug-likeness (QED) is 0.371.